The maximum Gasteiger partial charge on any atom is 0.306 e. The van der Waals surface area contributed by atoms with Crippen molar-refractivity contribution >= 4 is 23.5 Å². The van der Waals surface area contributed by atoms with E-state index in [1.165, 1.54) is 6.20 Å². The Labute approximate surface area is 108 Å². The zero-order chi connectivity index (χ0) is 13.1. The molecule has 1 aromatic heterocycles. The molecule has 2 N–H and O–H groups in total. The normalized spacial score (nSPS) is 19.8. The lowest BCUT2D eigenvalue weighted by Gasteiger charge is -2.32. The Morgan fingerprint density at radius 2 is 2.39 bits per heavy atom. The molecule has 0 saturated carbocycles. The van der Waals surface area contributed by atoms with Crippen LogP contribution in [0.5, 0.6) is 0 Å². The maximum absolute atomic E-state index is 12.1. The third-order valence-corrected chi connectivity index (χ3v) is 2.92. The van der Waals surface area contributed by atoms with E-state index in [9.17, 15) is 9.59 Å². The molecule has 7 heteroatoms. The first-order valence-electron chi connectivity index (χ1n) is 5.53. The van der Waals surface area contributed by atoms with Crippen LogP contribution in [0.1, 0.15) is 16.9 Å². The summed E-state index contributed by atoms with van der Waals surface area (Å²) in [4.78, 5) is 27.0. The molecule has 1 amide bonds. The van der Waals surface area contributed by atoms with Crippen LogP contribution in [0.2, 0.25) is 5.02 Å². The van der Waals surface area contributed by atoms with Gasteiger partial charge in [-0.3, -0.25) is 9.59 Å². The van der Waals surface area contributed by atoms with Gasteiger partial charge >= 0.3 is 5.97 Å². The molecule has 0 bridgehead atoms. The number of aromatic amines is 1. The van der Waals surface area contributed by atoms with Gasteiger partial charge in [-0.15, -0.1) is 0 Å². The van der Waals surface area contributed by atoms with Crippen molar-refractivity contribution in [3.8, 4) is 0 Å². The first-order chi connectivity index (χ1) is 8.56. The summed E-state index contributed by atoms with van der Waals surface area (Å²) < 4.78 is 5.30. The van der Waals surface area contributed by atoms with Gasteiger partial charge in [0.25, 0.3) is 5.91 Å². The SMILES string of the molecule is O=C(O)CC1CN(C(=O)c2cc(Cl)c[nH]2)CCO1. The highest BCUT2D eigenvalue weighted by molar-refractivity contribution is 6.30. The van der Waals surface area contributed by atoms with Gasteiger partial charge in [-0.1, -0.05) is 11.6 Å². The number of carbonyl (C=O) groups is 2. The van der Waals surface area contributed by atoms with Crippen LogP contribution in [0, 0.1) is 0 Å². The summed E-state index contributed by atoms with van der Waals surface area (Å²) in [6.07, 6.45) is 0.977. The van der Waals surface area contributed by atoms with Crippen LogP contribution in [0.3, 0.4) is 0 Å². The summed E-state index contributed by atoms with van der Waals surface area (Å²) in [5.41, 5.74) is 0.399. The number of aliphatic carboxylic acids is 1. The molecule has 0 radical (unpaired) electrons. The molecular weight excluding hydrogens is 260 g/mol. The largest absolute Gasteiger partial charge is 0.481 e. The molecule has 1 saturated heterocycles. The third-order valence-electron chi connectivity index (χ3n) is 2.71. The van der Waals surface area contributed by atoms with Crippen molar-refractivity contribution in [1.29, 1.82) is 0 Å². The minimum Gasteiger partial charge on any atom is -0.481 e. The second kappa shape index (κ2) is 5.41. The summed E-state index contributed by atoms with van der Waals surface area (Å²) in [7, 11) is 0. The van der Waals surface area contributed by atoms with Crippen molar-refractivity contribution in [3.63, 3.8) is 0 Å². The summed E-state index contributed by atoms with van der Waals surface area (Å²) in [6.45, 7) is 1.07. The average molecular weight is 273 g/mol. The van der Waals surface area contributed by atoms with E-state index < -0.39 is 12.1 Å². The van der Waals surface area contributed by atoms with Gasteiger partial charge < -0.3 is 19.7 Å². The molecule has 1 aliphatic heterocycles. The first-order valence-corrected chi connectivity index (χ1v) is 5.90. The van der Waals surface area contributed by atoms with Gasteiger partial charge in [0, 0.05) is 19.3 Å². The minimum absolute atomic E-state index is 0.102. The molecule has 18 heavy (non-hydrogen) atoms. The quantitative estimate of drug-likeness (QED) is 0.859. The zero-order valence-corrected chi connectivity index (χ0v) is 10.3. The topological polar surface area (TPSA) is 82.6 Å². The van der Waals surface area contributed by atoms with E-state index in [1.807, 2.05) is 0 Å². The number of carboxylic acids is 1. The van der Waals surface area contributed by atoms with Crippen LogP contribution in [-0.4, -0.2) is 52.7 Å². The van der Waals surface area contributed by atoms with Gasteiger partial charge in [-0.2, -0.15) is 0 Å². The zero-order valence-electron chi connectivity index (χ0n) is 9.56. The fraction of sp³-hybridized carbons (Fsp3) is 0.455. The lowest BCUT2D eigenvalue weighted by molar-refractivity contribution is -0.141. The molecule has 0 aromatic carbocycles. The van der Waals surface area contributed by atoms with Crippen molar-refractivity contribution in [2.45, 2.75) is 12.5 Å². The Balaban J connectivity index is 2.00. The number of carboxylic acid groups (broad SMARTS) is 1. The molecule has 1 atom stereocenters. The number of halogens is 1. The molecular formula is C11H13ClN2O4. The predicted molar refractivity (Wildman–Crippen MR) is 63.7 cm³/mol. The lowest BCUT2D eigenvalue weighted by Crippen LogP contribution is -2.46. The molecule has 1 aliphatic rings. The second-order valence-electron chi connectivity index (χ2n) is 4.07. The predicted octanol–water partition coefficient (Wildman–Crippen LogP) is 0.984. The minimum atomic E-state index is -0.933. The fourth-order valence-corrected chi connectivity index (χ4v) is 2.05. The standard InChI is InChI=1S/C11H13ClN2O4/c12-7-3-9(13-5-7)11(17)14-1-2-18-8(6-14)4-10(15)16/h3,5,8,13H,1-2,4,6H2,(H,15,16). The number of nitrogens with zero attached hydrogens (tertiary/aromatic N) is 1. The highest BCUT2D eigenvalue weighted by Crippen LogP contribution is 2.15. The molecule has 1 fully saturated rings. The van der Waals surface area contributed by atoms with E-state index in [2.05, 4.69) is 4.98 Å². The van der Waals surface area contributed by atoms with E-state index in [0.717, 1.165) is 0 Å². The second-order valence-corrected chi connectivity index (χ2v) is 4.51. The number of aromatic nitrogens is 1. The van der Waals surface area contributed by atoms with Crippen LogP contribution in [-0.2, 0) is 9.53 Å². The Morgan fingerprint density at radius 3 is 3.00 bits per heavy atom. The Morgan fingerprint density at radius 1 is 1.61 bits per heavy atom. The first kappa shape index (κ1) is 12.9. The van der Waals surface area contributed by atoms with E-state index >= 15 is 0 Å². The summed E-state index contributed by atoms with van der Waals surface area (Å²) in [5, 5.41) is 9.17. The Bertz CT molecular complexity index is 460. The molecule has 1 aromatic rings. The monoisotopic (exact) mass is 272 g/mol. The van der Waals surface area contributed by atoms with Gasteiger partial charge in [0.15, 0.2) is 0 Å². The Hall–Kier alpha value is -1.53. The van der Waals surface area contributed by atoms with E-state index in [0.29, 0.717) is 23.9 Å². The molecule has 1 unspecified atom stereocenters. The highest BCUT2D eigenvalue weighted by Gasteiger charge is 2.27. The van der Waals surface area contributed by atoms with Crippen molar-refractivity contribution in [2.24, 2.45) is 0 Å². The Kier molecular flexibility index (Phi) is 3.88. The number of carbonyl (C=O) groups excluding carboxylic acids is 1. The average Bonchev–Trinajstić information content (AvgIpc) is 2.74. The summed E-state index contributed by atoms with van der Waals surface area (Å²) >= 11 is 5.74. The van der Waals surface area contributed by atoms with Crippen LogP contribution in [0.25, 0.3) is 0 Å². The van der Waals surface area contributed by atoms with Crippen LogP contribution in [0.4, 0.5) is 0 Å². The van der Waals surface area contributed by atoms with Gasteiger partial charge in [0.05, 0.1) is 24.2 Å². The lowest BCUT2D eigenvalue weighted by atomic mass is 10.2. The third kappa shape index (κ3) is 3.02. The van der Waals surface area contributed by atoms with Crippen molar-refractivity contribution < 1.29 is 19.4 Å². The molecule has 0 aliphatic carbocycles. The summed E-state index contributed by atoms with van der Waals surface area (Å²) in [6, 6.07) is 1.55. The smallest absolute Gasteiger partial charge is 0.306 e. The van der Waals surface area contributed by atoms with Crippen LogP contribution < -0.4 is 0 Å². The number of H-pyrrole nitrogens is 1. The number of morpholine rings is 1. The van der Waals surface area contributed by atoms with Crippen molar-refractivity contribution in [3.05, 3.63) is 23.0 Å². The van der Waals surface area contributed by atoms with Gasteiger partial charge in [-0.05, 0) is 6.07 Å². The number of hydrogen-bond acceptors (Lipinski definition) is 3. The molecule has 2 rings (SSSR count). The number of ether oxygens (including phenoxy) is 1. The van der Waals surface area contributed by atoms with Crippen LogP contribution in [0.15, 0.2) is 12.3 Å². The van der Waals surface area contributed by atoms with Gasteiger partial charge in [-0.25, -0.2) is 0 Å². The van der Waals surface area contributed by atoms with Crippen molar-refractivity contribution in [1.82, 2.24) is 9.88 Å². The molecule has 6 nitrogen and oxygen atoms in total. The number of nitrogens with one attached hydrogen (secondary N) is 1. The van der Waals surface area contributed by atoms with Crippen LogP contribution >= 0.6 is 11.6 Å². The van der Waals surface area contributed by atoms with E-state index in [4.69, 9.17) is 21.4 Å². The number of hydrogen-bond donors (Lipinski definition) is 2. The highest BCUT2D eigenvalue weighted by atomic mass is 35.5. The fourth-order valence-electron chi connectivity index (χ4n) is 1.88. The van der Waals surface area contributed by atoms with E-state index in [1.54, 1.807) is 11.0 Å². The number of rotatable bonds is 3. The molecule has 98 valence electrons. The molecule has 0 spiro atoms. The van der Waals surface area contributed by atoms with Crippen molar-refractivity contribution in [2.75, 3.05) is 19.7 Å². The number of amides is 1. The summed E-state index contributed by atoms with van der Waals surface area (Å²) in [5.74, 6) is -1.13. The molecule has 2 heterocycles. The van der Waals surface area contributed by atoms with Gasteiger partial charge in [0.2, 0.25) is 0 Å². The van der Waals surface area contributed by atoms with E-state index in [-0.39, 0.29) is 18.9 Å². The van der Waals surface area contributed by atoms with Gasteiger partial charge in [0.1, 0.15) is 5.69 Å². The maximum atomic E-state index is 12.1.